The number of hydrogen-bond acceptors (Lipinski definition) is 4. The lowest BCUT2D eigenvalue weighted by Gasteiger charge is -2.21. The maximum atomic E-state index is 12.2. The van der Waals surface area contributed by atoms with Gasteiger partial charge in [-0.1, -0.05) is 15.9 Å². The molecule has 1 unspecified atom stereocenters. The molecule has 1 aromatic rings. The van der Waals surface area contributed by atoms with E-state index < -0.39 is 22.0 Å². The van der Waals surface area contributed by atoms with Gasteiger partial charge in [-0.15, -0.1) is 0 Å². The van der Waals surface area contributed by atoms with Crippen LogP contribution >= 0.6 is 15.9 Å². The summed E-state index contributed by atoms with van der Waals surface area (Å²) in [5, 5.41) is 17.7. The molecule has 0 aliphatic heterocycles. The molecule has 8 heteroatoms. The van der Waals surface area contributed by atoms with Gasteiger partial charge in [-0.3, -0.25) is 4.79 Å². The molecule has 0 bridgehead atoms. The highest BCUT2D eigenvalue weighted by Crippen LogP contribution is 2.22. The molecule has 0 heterocycles. The van der Waals surface area contributed by atoms with Crippen LogP contribution in [0.25, 0.3) is 0 Å². The zero-order chi connectivity index (χ0) is 14.8. The Morgan fingerprint density at radius 1 is 1.47 bits per heavy atom. The van der Waals surface area contributed by atoms with Crippen LogP contribution in [0.15, 0.2) is 27.6 Å². The Morgan fingerprint density at radius 3 is 2.53 bits per heavy atom. The first kappa shape index (κ1) is 15.6. The first-order chi connectivity index (χ1) is 8.70. The molecule has 0 aliphatic carbocycles. The molecule has 6 nitrogen and oxygen atoms in total. The smallest absolute Gasteiger partial charge is 0.321 e. The Labute approximate surface area is 119 Å². The highest BCUT2D eigenvalue weighted by Gasteiger charge is 2.29. The first-order valence-corrected chi connectivity index (χ1v) is 7.35. The monoisotopic (exact) mass is 346 g/mol. The van der Waals surface area contributed by atoms with Gasteiger partial charge in [0.1, 0.15) is 6.04 Å². The van der Waals surface area contributed by atoms with Gasteiger partial charge in [0, 0.05) is 11.5 Å². The lowest BCUT2D eigenvalue weighted by atomic mass is 10.2. The molecule has 0 fully saturated rings. The summed E-state index contributed by atoms with van der Waals surface area (Å²) >= 11 is 3.11. The van der Waals surface area contributed by atoms with Crippen LogP contribution in [-0.2, 0) is 14.8 Å². The van der Waals surface area contributed by atoms with Crippen molar-refractivity contribution in [3.8, 4) is 6.07 Å². The van der Waals surface area contributed by atoms with Crippen molar-refractivity contribution in [3.05, 3.63) is 28.2 Å². The number of likely N-dealkylation sites (N-methyl/N-ethyl adjacent to an activating group) is 1. The number of halogens is 1. The molecule has 0 radical (unpaired) electrons. The zero-order valence-corrected chi connectivity index (χ0v) is 12.6. The molecule has 102 valence electrons. The minimum absolute atomic E-state index is 0.131. The van der Waals surface area contributed by atoms with Crippen molar-refractivity contribution in [2.24, 2.45) is 0 Å². The minimum Gasteiger partial charge on any atom is -0.480 e. The second-order valence-electron chi connectivity index (χ2n) is 3.82. The predicted octanol–water partition coefficient (Wildman–Crippen LogP) is 1.41. The molecular formula is C11H11BrN2O4S. The standard InChI is InChI=1S/C11H11BrN2O4S/c1-7(11(15)16)14(2)19(17,18)10-4-8(6-13)3-9(12)5-10/h3-5,7H,1-2H3,(H,15,16). The number of rotatable bonds is 4. The average molecular weight is 347 g/mol. The third-order valence-electron chi connectivity index (χ3n) is 2.58. The fourth-order valence-electron chi connectivity index (χ4n) is 1.31. The van der Waals surface area contributed by atoms with Crippen LogP contribution in [0, 0.1) is 11.3 Å². The Balaban J connectivity index is 3.32. The first-order valence-electron chi connectivity index (χ1n) is 5.11. The Morgan fingerprint density at radius 2 is 2.05 bits per heavy atom. The van der Waals surface area contributed by atoms with E-state index in [-0.39, 0.29) is 10.5 Å². The summed E-state index contributed by atoms with van der Waals surface area (Å²) in [7, 11) is -2.79. The lowest BCUT2D eigenvalue weighted by Crippen LogP contribution is -2.40. The molecule has 1 atom stereocenters. The largest absolute Gasteiger partial charge is 0.480 e. The van der Waals surface area contributed by atoms with Gasteiger partial charge in [0.25, 0.3) is 0 Å². The number of nitriles is 1. The molecule has 0 saturated heterocycles. The van der Waals surface area contributed by atoms with E-state index in [2.05, 4.69) is 15.9 Å². The SMILES string of the molecule is CC(C(=O)O)N(C)S(=O)(=O)c1cc(Br)cc(C#N)c1. The second kappa shape index (κ2) is 5.69. The molecule has 0 saturated carbocycles. The molecular weight excluding hydrogens is 336 g/mol. The Kier molecular flexibility index (Phi) is 4.68. The van der Waals surface area contributed by atoms with E-state index >= 15 is 0 Å². The second-order valence-corrected chi connectivity index (χ2v) is 6.74. The molecule has 19 heavy (non-hydrogen) atoms. The van der Waals surface area contributed by atoms with E-state index in [9.17, 15) is 13.2 Å². The summed E-state index contributed by atoms with van der Waals surface area (Å²) in [4.78, 5) is 10.7. The van der Waals surface area contributed by atoms with Crippen LogP contribution in [-0.4, -0.2) is 36.9 Å². The number of carboxylic acid groups (broad SMARTS) is 1. The van der Waals surface area contributed by atoms with Gasteiger partial charge < -0.3 is 5.11 Å². The van der Waals surface area contributed by atoms with Crippen LogP contribution in [0.2, 0.25) is 0 Å². The molecule has 1 aromatic carbocycles. The van der Waals surface area contributed by atoms with Gasteiger partial charge in [0.2, 0.25) is 10.0 Å². The number of carboxylic acids is 1. The summed E-state index contributed by atoms with van der Waals surface area (Å²) in [6, 6.07) is 4.63. The summed E-state index contributed by atoms with van der Waals surface area (Å²) in [6.07, 6.45) is 0. The van der Waals surface area contributed by atoms with Crippen molar-refractivity contribution >= 4 is 31.9 Å². The van der Waals surface area contributed by atoms with E-state index in [1.807, 2.05) is 6.07 Å². The number of carbonyl (C=O) groups is 1. The average Bonchev–Trinajstić information content (AvgIpc) is 2.35. The third kappa shape index (κ3) is 3.32. The molecule has 0 aliphatic rings. The number of aliphatic carboxylic acids is 1. The van der Waals surface area contributed by atoms with Crippen molar-refractivity contribution in [2.45, 2.75) is 17.9 Å². The van der Waals surface area contributed by atoms with Gasteiger partial charge in [0.05, 0.1) is 16.5 Å². The van der Waals surface area contributed by atoms with E-state index in [0.717, 1.165) is 4.31 Å². The fraction of sp³-hybridized carbons (Fsp3) is 0.273. The molecule has 0 spiro atoms. The Bertz CT molecular complexity index is 651. The third-order valence-corrected chi connectivity index (χ3v) is 4.94. The summed E-state index contributed by atoms with van der Waals surface area (Å²) in [5.41, 5.74) is 0.171. The van der Waals surface area contributed by atoms with Gasteiger partial charge >= 0.3 is 5.97 Å². The number of benzene rings is 1. The number of nitrogens with zero attached hydrogens (tertiary/aromatic N) is 2. The van der Waals surface area contributed by atoms with Gasteiger partial charge in [-0.2, -0.15) is 9.57 Å². The van der Waals surface area contributed by atoms with Crippen LogP contribution in [0.4, 0.5) is 0 Å². The van der Waals surface area contributed by atoms with E-state index in [1.165, 1.54) is 32.2 Å². The van der Waals surface area contributed by atoms with Crippen molar-refractivity contribution in [1.29, 1.82) is 5.26 Å². The normalized spacial score (nSPS) is 13.0. The summed E-state index contributed by atoms with van der Waals surface area (Å²) in [5.74, 6) is -1.25. The lowest BCUT2D eigenvalue weighted by molar-refractivity contribution is -0.140. The molecule has 1 N–H and O–H groups in total. The van der Waals surface area contributed by atoms with Crippen LogP contribution in [0.3, 0.4) is 0 Å². The maximum Gasteiger partial charge on any atom is 0.321 e. The quantitative estimate of drug-likeness (QED) is 0.888. The number of hydrogen-bond donors (Lipinski definition) is 1. The van der Waals surface area contributed by atoms with Gasteiger partial charge in [-0.05, 0) is 25.1 Å². The van der Waals surface area contributed by atoms with E-state index in [1.54, 1.807) is 0 Å². The predicted molar refractivity (Wildman–Crippen MR) is 70.9 cm³/mol. The van der Waals surface area contributed by atoms with Crippen LogP contribution in [0.5, 0.6) is 0 Å². The van der Waals surface area contributed by atoms with E-state index in [4.69, 9.17) is 10.4 Å². The topological polar surface area (TPSA) is 98.5 Å². The molecule has 0 amide bonds. The zero-order valence-electron chi connectivity index (χ0n) is 10.2. The van der Waals surface area contributed by atoms with Crippen molar-refractivity contribution in [1.82, 2.24) is 4.31 Å². The van der Waals surface area contributed by atoms with Crippen molar-refractivity contribution < 1.29 is 18.3 Å². The van der Waals surface area contributed by atoms with Crippen molar-refractivity contribution in [2.75, 3.05) is 7.05 Å². The molecule has 0 aromatic heterocycles. The van der Waals surface area contributed by atoms with Gasteiger partial charge in [-0.25, -0.2) is 8.42 Å². The summed E-state index contributed by atoms with van der Waals surface area (Å²) in [6.45, 7) is 1.27. The van der Waals surface area contributed by atoms with Gasteiger partial charge in [0.15, 0.2) is 0 Å². The fourth-order valence-corrected chi connectivity index (χ4v) is 3.34. The van der Waals surface area contributed by atoms with Crippen molar-refractivity contribution in [3.63, 3.8) is 0 Å². The summed E-state index contributed by atoms with van der Waals surface area (Å²) < 4.78 is 25.6. The maximum absolute atomic E-state index is 12.2. The van der Waals surface area contributed by atoms with Crippen LogP contribution in [0.1, 0.15) is 12.5 Å². The van der Waals surface area contributed by atoms with Crippen LogP contribution < -0.4 is 0 Å². The van der Waals surface area contributed by atoms with E-state index in [0.29, 0.717) is 4.47 Å². The number of sulfonamides is 1. The minimum atomic E-state index is -3.97. The molecule has 1 rings (SSSR count). The highest BCUT2D eigenvalue weighted by atomic mass is 79.9. The highest BCUT2D eigenvalue weighted by molar-refractivity contribution is 9.10. The Hall–Kier alpha value is -1.43.